The van der Waals surface area contributed by atoms with Gasteiger partial charge in [0.2, 0.25) is 0 Å². The van der Waals surface area contributed by atoms with Gasteiger partial charge in [0.1, 0.15) is 18.2 Å². The molecule has 8 heteroatoms. The molecule has 0 atom stereocenters. The second-order valence-corrected chi connectivity index (χ2v) is 7.06. The lowest BCUT2D eigenvalue weighted by molar-refractivity contribution is 0.145. The predicted octanol–water partition coefficient (Wildman–Crippen LogP) is 4.17. The predicted molar refractivity (Wildman–Crippen MR) is 134 cm³/mol. The minimum atomic E-state index is -0.226. The van der Waals surface area contributed by atoms with Crippen molar-refractivity contribution in [3.05, 3.63) is 65.1 Å². The van der Waals surface area contributed by atoms with Crippen molar-refractivity contribution in [2.75, 3.05) is 33.9 Å². The molecule has 0 amide bonds. The smallest absolute Gasteiger partial charge is 0.191 e. The van der Waals surface area contributed by atoms with Crippen LogP contribution >= 0.6 is 24.0 Å². The highest BCUT2D eigenvalue weighted by Gasteiger charge is 2.08. The van der Waals surface area contributed by atoms with Crippen LogP contribution in [0.1, 0.15) is 16.7 Å². The first-order chi connectivity index (χ1) is 14.6. The van der Waals surface area contributed by atoms with Gasteiger partial charge in [-0.3, -0.25) is 4.99 Å². The van der Waals surface area contributed by atoms with Gasteiger partial charge in [0, 0.05) is 49.9 Å². The van der Waals surface area contributed by atoms with Crippen molar-refractivity contribution in [2.45, 2.75) is 19.9 Å². The zero-order valence-corrected chi connectivity index (χ0v) is 20.5. The molecule has 2 aromatic carbocycles. The van der Waals surface area contributed by atoms with E-state index in [0.717, 1.165) is 39.8 Å². The normalized spacial score (nSPS) is 11.3. The molecule has 3 rings (SSSR count). The van der Waals surface area contributed by atoms with Gasteiger partial charge in [-0.2, -0.15) is 0 Å². The summed E-state index contributed by atoms with van der Waals surface area (Å²) >= 11 is 0. The quantitative estimate of drug-likeness (QED) is 0.165. The van der Waals surface area contributed by atoms with Crippen LogP contribution < -0.4 is 15.4 Å². The summed E-state index contributed by atoms with van der Waals surface area (Å²) in [5, 5.41) is 7.55. The molecule has 1 heterocycles. The molecule has 0 saturated carbocycles. The number of fused-ring (bicyclic) bond motifs is 1. The second kappa shape index (κ2) is 12.5. The van der Waals surface area contributed by atoms with Crippen molar-refractivity contribution < 1.29 is 13.9 Å². The van der Waals surface area contributed by atoms with Crippen LogP contribution in [0.5, 0.6) is 5.75 Å². The van der Waals surface area contributed by atoms with E-state index in [-0.39, 0.29) is 29.8 Å². The molecule has 0 aliphatic carbocycles. The van der Waals surface area contributed by atoms with Crippen molar-refractivity contribution in [1.29, 1.82) is 0 Å². The SMILES string of the molecule is CN=C(NCCc1c[nH]c2ccc(F)cc12)NCc1ccc(C)cc1OCCOC.I. The Morgan fingerprint density at radius 3 is 2.71 bits per heavy atom. The van der Waals surface area contributed by atoms with E-state index >= 15 is 0 Å². The van der Waals surface area contributed by atoms with E-state index in [9.17, 15) is 4.39 Å². The summed E-state index contributed by atoms with van der Waals surface area (Å²) in [4.78, 5) is 7.47. The second-order valence-electron chi connectivity index (χ2n) is 7.06. The molecule has 0 fully saturated rings. The molecule has 0 saturated heterocycles. The number of ether oxygens (including phenoxy) is 2. The molecule has 0 spiro atoms. The highest BCUT2D eigenvalue weighted by molar-refractivity contribution is 14.0. The zero-order chi connectivity index (χ0) is 21.3. The van der Waals surface area contributed by atoms with Crippen molar-refractivity contribution in [1.82, 2.24) is 15.6 Å². The number of benzene rings is 2. The first-order valence-electron chi connectivity index (χ1n) is 10.0. The number of nitrogens with one attached hydrogen (secondary N) is 3. The van der Waals surface area contributed by atoms with E-state index in [0.29, 0.717) is 32.3 Å². The van der Waals surface area contributed by atoms with E-state index < -0.39 is 0 Å². The number of H-pyrrole nitrogens is 1. The number of aromatic amines is 1. The molecular weight excluding hydrogens is 510 g/mol. The van der Waals surface area contributed by atoms with Crippen LogP contribution in [-0.4, -0.2) is 44.9 Å². The fraction of sp³-hybridized carbons (Fsp3) is 0.348. The Morgan fingerprint density at radius 2 is 1.94 bits per heavy atom. The van der Waals surface area contributed by atoms with Gasteiger partial charge in [-0.1, -0.05) is 12.1 Å². The first kappa shape index (κ1) is 24.9. The van der Waals surface area contributed by atoms with E-state index in [2.05, 4.69) is 32.7 Å². The lowest BCUT2D eigenvalue weighted by Crippen LogP contribution is -2.37. The van der Waals surface area contributed by atoms with Crippen LogP contribution in [0.2, 0.25) is 0 Å². The van der Waals surface area contributed by atoms with Gasteiger partial charge in [-0.25, -0.2) is 4.39 Å². The summed E-state index contributed by atoms with van der Waals surface area (Å²) in [6.07, 6.45) is 2.68. The molecule has 6 nitrogen and oxygen atoms in total. The Hall–Kier alpha value is -2.33. The maximum atomic E-state index is 13.5. The number of aromatic nitrogens is 1. The molecule has 0 unspecified atom stereocenters. The molecule has 0 bridgehead atoms. The Morgan fingerprint density at radius 1 is 1.10 bits per heavy atom. The number of aliphatic imine (C=N–C) groups is 1. The van der Waals surface area contributed by atoms with Crippen molar-refractivity contribution in [2.24, 2.45) is 4.99 Å². The highest BCUT2D eigenvalue weighted by atomic mass is 127. The van der Waals surface area contributed by atoms with Crippen molar-refractivity contribution in [3.8, 4) is 5.75 Å². The summed E-state index contributed by atoms with van der Waals surface area (Å²) in [5.74, 6) is 1.32. The van der Waals surface area contributed by atoms with Crippen LogP contribution in [0.4, 0.5) is 4.39 Å². The monoisotopic (exact) mass is 540 g/mol. The Labute approximate surface area is 199 Å². The first-order valence-corrected chi connectivity index (χ1v) is 10.0. The zero-order valence-electron chi connectivity index (χ0n) is 18.1. The van der Waals surface area contributed by atoms with Crippen LogP contribution in [0.15, 0.2) is 47.6 Å². The Kier molecular flexibility index (Phi) is 10.1. The highest BCUT2D eigenvalue weighted by Crippen LogP contribution is 2.21. The van der Waals surface area contributed by atoms with E-state index in [1.807, 2.05) is 19.2 Å². The summed E-state index contributed by atoms with van der Waals surface area (Å²) < 4.78 is 24.5. The van der Waals surface area contributed by atoms with Crippen molar-refractivity contribution in [3.63, 3.8) is 0 Å². The number of guanidine groups is 1. The molecule has 31 heavy (non-hydrogen) atoms. The average Bonchev–Trinajstić information content (AvgIpc) is 3.14. The third-order valence-electron chi connectivity index (χ3n) is 4.85. The number of hydrogen-bond donors (Lipinski definition) is 3. The van der Waals surface area contributed by atoms with Crippen molar-refractivity contribution >= 4 is 40.8 Å². The maximum absolute atomic E-state index is 13.5. The van der Waals surface area contributed by atoms with Crippen LogP contribution in [0.3, 0.4) is 0 Å². The largest absolute Gasteiger partial charge is 0.491 e. The molecular formula is C23H30FIN4O2. The van der Waals surface area contributed by atoms with Gasteiger partial charge < -0.3 is 25.1 Å². The van der Waals surface area contributed by atoms with Gasteiger partial charge in [0.25, 0.3) is 0 Å². The summed E-state index contributed by atoms with van der Waals surface area (Å²) in [6.45, 7) is 4.35. The van der Waals surface area contributed by atoms with E-state index in [4.69, 9.17) is 9.47 Å². The maximum Gasteiger partial charge on any atom is 0.191 e. The fourth-order valence-electron chi connectivity index (χ4n) is 3.25. The number of halogens is 2. The minimum absolute atomic E-state index is 0. The number of hydrogen-bond acceptors (Lipinski definition) is 3. The van der Waals surface area contributed by atoms with Crippen LogP contribution in [-0.2, 0) is 17.7 Å². The third-order valence-corrected chi connectivity index (χ3v) is 4.85. The summed E-state index contributed by atoms with van der Waals surface area (Å²) in [5.41, 5.74) is 4.20. The molecule has 1 aromatic heterocycles. The van der Waals surface area contributed by atoms with Crippen LogP contribution in [0.25, 0.3) is 10.9 Å². The standard InChI is InChI=1S/C23H29FN4O2.HI/c1-16-4-5-18(22(12-16)30-11-10-29-3)15-28-23(25-2)26-9-8-17-14-27-21-7-6-19(24)13-20(17)21;/h4-7,12-14,27H,8-11,15H2,1-3H3,(H2,25,26,28);1H. The Bertz CT molecular complexity index is 1010. The summed E-state index contributed by atoms with van der Waals surface area (Å²) in [6, 6.07) is 10.9. The van der Waals surface area contributed by atoms with Gasteiger partial charge in [0.15, 0.2) is 5.96 Å². The molecule has 3 N–H and O–H groups in total. The molecule has 0 aliphatic rings. The van der Waals surface area contributed by atoms with Gasteiger partial charge >= 0.3 is 0 Å². The third kappa shape index (κ3) is 7.10. The average molecular weight is 540 g/mol. The molecule has 3 aromatic rings. The lowest BCUT2D eigenvalue weighted by Gasteiger charge is -2.15. The number of aryl methyl sites for hydroxylation is 1. The Balaban J connectivity index is 0.00000341. The van der Waals surface area contributed by atoms with Gasteiger partial charge in [0.05, 0.1) is 6.61 Å². The summed E-state index contributed by atoms with van der Waals surface area (Å²) in [7, 11) is 3.39. The topological polar surface area (TPSA) is 70.7 Å². The van der Waals surface area contributed by atoms with Gasteiger partial charge in [-0.15, -0.1) is 24.0 Å². The molecule has 0 aliphatic heterocycles. The fourth-order valence-corrected chi connectivity index (χ4v) is 3.25. The van der Waals surface area contributed by atoms with Gasteiger partial charge in [-0.05, 0) is 48.7 Å². The van der Waals surface area contributed by atoms with E-state index in [1.54, 1.807) is 26.3 Å². The number of rotatable bonds is 9. The minimum Gasteiger partial charge on any atom is -0.491 e. The number of nitrogens with zero attached hydrogens (tertiary/aromatic N) is 1. The van der Waals surface area contributed by atoms with E-state index in [1.165, 1.54) is 6.07 Å². The van der Waals surface area contributed by atoms with Crippen LogP contribution in [0, 0.1) is 12.7 Å². The lowest BCUT2D eigenvalue weighted by atomic mass is 10.1. The number of methoxy groups -OCH3 is 1. The molecule has 0 radical (unpaired) electrons. The molecule has 168 valence electrons.